The number of rotatable bonds is 9. The van der Waals surface area contributed by atoms with Crippen LogP contribution in [-0.2, 0) is 14.3 Å². The van der Waals surface area contributed by atoms with Crippen molar-refractivity contribution in [1.82, 2.24) is 10.2 Å². The second-order valence-corrected chi connectivity index (χ2v) is 11.9. The van der Waals surface area contributed by atoms with Crippen LogP contribution in [0.25, 0.3) is 11.0 Å². The van der Waals surface area contributed by atoms with Crippen molar-refractivity contribution in [2.75, 3.05) is 26.3 Å². The highest BCUT2D eigenvalue weighted by atomic mass is 16.6. The SMILES string of the molecule is Cc1oc2ccc([C@@H]3C[C@H]3c3ccccc3)cc2c1C(=O)NC(COCC1CN(C(=O)OC(C)(C)C)C1)C(N)=O. The Morgan fingerprint density at radius 3 is 2.45 bits per heavy atom. The average Bonchev–Trinajstić information content (AvgIpc) is 3.59. The van der Waals surface area contributed by atoms with Crippen LogP contribution in [0.2, 0.25) is 0 Å². The summed E-state index contributed by atoms with van der Waals surface area (Å²) in [5.41, 5.74) is 8.53. The number of benzene rings is 2. The highest BCUT2D eigenvalue weighted by Gasteiger charge is 2.40. The van der Waals surface area contributed by atoms with Crippen LogP contribution < -0.4 is 11.1 Å². The van der Waals surface area contributed by atoms with Crippen LogP contribution in [0.3, 0.4) is 0 Å². The summed E-state index contributed by atoms with van der Waals surface area (Å²) in [6.45, 7) is 8.50. The van der Waals surface area contributed by atoms with Crippen LogP contribution in [-0.4, -0.2) is 60.8 Å². The van der Waals surface area contributed by atoms with Gasteiger partial charge in [0.25, 0.3) is 5.91 Å². The van der Waals surface area contributed by atoms with E-state index in [4.69, 9.17) is 19.6 Å². The molecule has 0 spiro atoms. The third-order valence-electron chi connectivity index (χ3n) is 7.46. The number of nitrogens with one attached hydrogen (secondary N) is 1. The van der Waals surface area contributed by atoms with Crippen LogP contribution in [0, 0.1) is 12.8 Å². The first-order valence-corrected chi connectivity index (χ1v) is 13.7. The lowest BCUT2D eigenvalue weighted by Crippen LogP contribution is -2.53. The summed E-state index contributed by atoms with van der Waals surface area (Å²) < 4.78 is 17.0. The maximum absolute atomic E-state index is 13.3. The number of aryl methyl sites for hydroxylation is 1. The molecule has 3 amide bonds. The Morgan fingerprint density at radius 2 is 1.77 bits per heavy atom. The van der Waals surface area contributed by atoms with Crippen molar-refractivity contribution in [1.29, 1.82) is 0 Å². The Morgan fingerprint density at radius 1 is 1.07 bits per heavy atom. The van der Waals surface area contributed by atoms with Crippen molar-refractivity contribution >= 4 is 28.9 Å². The monoisotopic (exact) mass is 547 g/mol. The normalized spacial score (nSPS) is 19.6. The first kappa shape index (κ1) is 27.7. The lowest BCUT2D eigenvalue weighted by atomic mass is 10.0. The molecule has 1 saturated heterocycles. The number of likely N-dealkylation sites (tertiary alicyclic amines) is 1. The maximum atomic E-state index is 13.3. The number of carbonyl (C=O) groups is 3. The Balaban J connectivity index is 1.18. The third kappa shape index (κ3) is 6.14. The number of hydrogen-bond acceptors (Lipinski definition) is 6. The summed E-state index contributed by atoms with van der Waals surface area (Å²) in [4.78, 5) is 39.2. The van der Waals surface area contributed by atoms with Crippen LogP contribution >= 0.6 is 0 Å². The molecule has 1 aromatic heterocycles. The van der Waals surface area contributed by atoms with Gasteiger partial charge in [-0.1, -0.05) is 36.4 Å². The minimum Gasteiger partial charge on any atom is -0.461 e. The molecule has 1 saturated carbocycles. The van der Waals surface area contributed by atoms with E-state index < -0.39 is 23.5 Å². The summed E-state index contributed by atoms with van der Waals surface area (Å²) in [5.74, 6) is 0.330. The number of nitrogens with two attached hydrogens (primary N) is 1. The summed E-state index contributed by atoms with van der Waals surface area (Å²) in [7, 11) is 0. The van der Waals surface area contributed by atoms with Gasteiger partial charge < -0.3 is 29.8 Å². The predicted octanol–water partition coefficient (Wildman–Crippen LogP) is 4.48. The van der Waals surface area contributed by atoms with Gasteiger partial charge in [-0.2, -0.15) is 0 Å². The fourth-order valence-electron chi connectivity index (χ4n) is 5.31. The Bertz CT molecular complexity index is 1400. The third-order valence-corrected chi connectivity index (χ3v) is 7.46. The zero-order valence-corrected chi connectivity index (χ0v) is 23.4. The molecule has 2 fully saturated rings. The lowest BCUT2D eigenvalue weighted by Gasteiger charge is -2.39. The van der Waals surface area contributed by atoms with Gasteiger partial charge in [0.2, 0.25) is 5.91 Å². The van der Waals surface area contributed by atoms with Crippen molar-refractivity contribution in [3.05, 3.63) is 71.0 Å². The molecular weight excluding hydrogens is 510 g/mol. The van der Waals surface area contributed by atoms with Crippen molar-refractivity contribution < 1.29 is 28.3 Å². The van der Waals surface area contributed by atoms with Gasteiger partial charge >= 0.3 is 6.09 Å². The number of nitrogens with zero attached hydrogens (tertiary/aromatic N) is 1. The Kier molecular flexibility index (Phi) is 7.59. The minimum absolute atomic E-state index is 0.0646. The molecular formula is C31H37N3O6. The van der Waals surface area contributed by atoms with Crippen molar-refractivity contribution in [3.63, 3.8) is 0 Å². The molecule has 3 atom stereocenters. The summed E-state index contributed by atoms with van der Waals surface area (Å²) >= 11 is 0. The standard InChI is InChI=1S/C31H37N3O6/c1-18-27(24-12-21(10-11-26(24)39-18)23-13-22(23)20-8-6-5-7-9-20)29(36)33-25(28(32)35)17-38-16-19-14-34(15-19)30(37)40-31(2,3)4/h5-12,19,22-23,25H,13-17H2,1-4H3,(H2,32,35)(H,33,36)/t22-,23-,25?/m0/s1. The number of ether oxygens (including phenoxy) is 2. The maximum Gasteiger partial charge on any atom is 0.410 e. The van der Waals surface area contributed by atoms with E-state index in [9.17, 15) is 14.4 Å². The predicted molar refractivity (Wildman–Crippen MR) is 150 cm³/mol. The molecule has 5 rings (SSSR count). The molecule has 2 aliphatic rings. The molecule has 40 heavy (non-hydrogen) atoms. The van der Waals surface area contributed by atoms with Crippen LogP contribution in [0.15, 0.2) is 52.9 Å². The van der Waals surface area contributed by atoms with E-state index in [0.29, 0.717) is 53.8 Å². The van der Waals surface area contributed by atoms with Crippen LogP contribution in [0.1, 0.15) is 66.3 Å². The second-order valence-electron chi connectivity index (χ2n) is 11.9. The topological polar surface area (TPSA) is 124 Å². The van der Waals surface area contributed by atoms with E-state index in [1.807, 2.05) is 39.0 Å². The first-order chi connectivity index (χ1) is 19.0. The highest BCUT2D eigenvalue weighted by Crippen LogP contribution is 2.55. The molecule has 3 N–H and O–H groups in total. The molecule has 0 bridgehead atoms. The summed E-state index contributed by atoms with van der Waals surface area (Å²) in [5, 5.41) is 3.45. The quantitative estimate of drug-likeness (QED) is 0.407. The van der Waals surface area contributed by atoms with Crippen molar-refractivity contribution in [3.8, 4) is 0 Å². The molecule has 3 aromatic rings. The lowest BCUT2D eigenvalue weighted by molar-refractivity contribution is -0.121. The summed E-state index contributed by atoms with van der Waals surface area (Å²) in [6.07, 6.45) is 0.708. The van der Waals surface area contributed by atoms with Gasteiger partial charge in [0.1, 0.15) is 23.0 Å². The van der Waals surface area contributed by atoms with Crippen molar-refractivity contribution in [2.24, 2.45) is 11.7 Å². The molecule has 212 valence electrons. The van der Waals surface area contributed by atoms with E-state index in [2.05, 4.69) is 35.6 Å². The summed E-state index contributed by atoms with van der Waals surface area (Å²) in [6, 6.07) is 15.4. The molecule has 9 nitrogen and oxygen atoms in total. The largest absolute Gasteiger partial charge is 0.461 e. The average molecular weight is 548 g/mol. The molecule has 1 unspecified atom stereocenters. The van der Waals surface area contributed by atoms with Gasteiger partial charge in [-0.15, -0.1) is 0 Å². The molecule has 1 aliphatic heterocycles. The molecule has 2 heterocycles. The molecule has 0 radical (unpaired) electrons. The Labute approximate surface area is 234 Å². The van der Waals surface area contributed by atoms with E-state index in [-0.39, 0.29) is 18.6 Å². The number of furan rings is 1. The fraction of sp³-hybridized carbons (Fsp3) is 0.452. The first-order valence-electron chi connectivity index (χ1n) is 13.7. The number of hydrogen-bond donors (Lipinski definition) is 2. The smallest absolute Gasteiger partial charge is 0.410 e. The molecule has 9 heteroatoms. The van der Waals surface area contributed by atoms with E-state index in [1.54, 1.807) is 11.8 Å². The molecule has 2 aromatic carbocycles. The van der Waals surface area contributed by atoms with Crippen LogP contribution in [0.5, 0.6) is 0 Å². The minimum atomic E-state index is -1.01. The number of carbonyl (C=O) groups excluding carboxylic acids is 3. The molecule has 1 aliphatic carbocycles. The number of amides is 3. The number of primary amides is 1. The van der Waals surface area contributed by atoms with Gasteiger partial charge in [-0.25, -0.2) is 4.79 Å². The van der Waals surface area contributed by atoms with Gasteiger partial charge in [0.15, 0.2) is 0 Å². The zero-order chi connectivity index (χ0) is 28.6. The van der Waals surface area contributed by atoms with Crippen LogP contribution in [0.4, 0.5) is 4.79 Å². The second kappa shape index (κ2) is 11.0. The van der Waals surface area contributed by atoms with E-state index >= 15 is 0 Å². The van der Waals surface area contributed by atoms with E-state index in [1.165, 1.54) is 5.56 Å². The van der Waals surface area contributed by atoms with Gasteiger partial charge in [-0.3, -0.25) is 9.59 Å². The van der Waals surface area contributed by atoms with Gasteiger partial charge in [0.05, 0.1) is 18.8 Å². The van der Waals surface area contributed by atoms with Crippen molar-refractivity contribution in [2.45, 2.75) is 57.6 Å². The van der Waals surface area contributed by atoms with Gasteiger partial charge in [0, 0.05) is 24.4 Å². The Hall–Kier alpha value is -3.85. The van der Waals surface area contributed by atoms with Gasteiger partial charge in [-0.05, 0) is 69.2 Å². The van der Waals surface area contributed by atoms with E-state index in [0.717, 1.165) is 12.0 Å². The number of fused-ring (bicyclic) bond motifs is 1. The highest BCUT2D eigenvalue weighted by molar-refractivity contribution is 6.08. The zero-order valence-electron chi connectivity index (χ0n) is 23.4. The fourth-order valence-corrected chi connectivity index (χ4v) is 5.31.